The number of nitrogens with one attached hydrogen (secondary N) is 1. The molecule has 1 heterocycles. The molecular formula is C15H23N3S. The fraction of sp³-hybridized carbons (Fsp3) is 0.533. The molecule has 0 radical (unpaired) electrons. The van der Waals surface area contributed by atoms with Crippen LogP contribution in [0.2, 0.25) is 0 Å². The third kappa shape index (κ3) is 3.91. The minimum Gasteiger partial charge on any atom is -0.361 e. The van der Waals surface area contributed by atoms with Crippen molar-refractivity contribution in [3.8, 4) is 0 Å². The molecule has 1 aromatic heterocycles. The van der Waals surface area contributed by atoms with Crippen molar-refractivity contribution >= 4 is 26.7 Å². The Labute approximate surface area is 119 Å². The molecular weight excluding hydrogens is 254 g/mol. The van der Waals surface area contributed by atoms with E-state index in [4.69, 9.17) is 0 Å². The van der Waals surface area contributed by atoms with Gasteiger partial charge in [0.05, 0.1) is 10.2 Å². The average molecular weight is 277 g/mol. The number of anilines is 1. The monoisotopic (exact) mass is 277 g/mol. The van der Waals surface area contributed by atoms with Crippen LogP contribution < -0.4 is 5.32 Å². The molecule has 3 nitrogen and oxygen atoms in total. The van der Waals surface area contributed by atoms with Crippen LogP contribution in [0, 0.1) is 6.92 Å². The predicted octanol–water partition coefficient (Wildman–Crippen LogP) is 3.75. The Morgan fingerprint density at radius 2 is 2.16 bits per heavy atom. The molecule has 0 atom stereocenters. The van der Waals surface area contributed by atoms with E-state index in [-0.39, 0.29) is 0 Å². The zero-order valence-electron chi connectivity index (χ0n) is 12.2. The lowest BCUT2D eigenvalue weighted by atomic mass is 10.2. The number of rotatable bonds is 6. The minimum absolute atomic E-state index is 0.616. The smallest absolute Gasteiger partial charge is 0.183 e. The first kappa shape index (κ1) is 14.3. The fourth-order valence-corrected chi connectivity index (χ4v) is 2.77. The molecule has 104 valence electrons. The van der Waals surface area contributed by atoms with E-state index < -0.39 is 0 Å². The van der Waals surface area contributed by atoms with Crippen LogP contribution in [0.15, 0.2) is 18.2 Å². The van der Waals surface area contributed by atoms with Crippen LogP contribution in [0.1, 0.15) is 25.8 Å². The first-order valence-electron chi connectivity index (χ1n) is 6.87. The lowest BCUT2D eigenvalue weighted by Crippen LogP contribution is -2.28. The third-order valence-corrected chi connectivity index (χ3v) is 4.38. The van der Waals surface area contributed by atoms with Gasteiger partial charge in [-0.15, -0.1) is 0 Å². The second kappa shape index (κ2) is 6.35. The molecule has 1 aromatic carbocycles. The summed E-state index contributed by atoms with van der Waals surface area (Å²) < 4.78 is 1.26. The van der Waals surface area contributed by atoms with Gasteiger partial charge in [-0.25, -0.2) is 4.98 Å². The van der Waals surface area contributed by atoms with E-state index in [0.29, 0.717) is 6.04 Å². The van der Waals surface area contributed by atoms with Crippen molar-refractivity contribution in [2.24, 2.45) is 0 Å². The molecule has 0 amide bonds. The third-order valence-electron chi connectivity index (χ3n) is 3.39. The zero-order valence-corrected chi connectivity index (χ0v) is 13.0. The Balaban J connectivity index is 1.85. The second-order valence-corrected chi connectivity index (χ2v) is 6.38. The molecule has 0 spiro atoms. The van der Waals surface area contributed by atoms with Crippen molar-refractivity contribution in [1.82, 2.24) is 9.88 Å². The van der Waals surface area contributed by atoms with Crippen LogP contribution in [0.4, 0.5) is 5.13 Å². The number of nitrogens with zero attached hydrogens (tertiary/aromatic N) is 2. The van der Waals surface area contributed by atoms with Crippen molar-refractivity contribution in [3.63, 3.8) is 0 Å². The molecule has 0 aliphatic carbocycles. The summed E-state index contributed by atoms with van der Waals surface area (Å²) in [7, 11) is 2.17. The van der Waals surface area contributed by atoms with Gasteiger partial charge in [0.2, 0.25) is 0 Å². The Morgan fingerprint density at radius 3 is 2.89 bits per heavy atom. The minimum atomic E-state index is 0.616. The van der Waals surface area contributed by atoms with Gasteiger partial charge in [0.15, 0.2) is 5.13 Å². The van der Waals surface area contributed by atoms with Crippen molar-refractivity contribution in [3.05, 3.63) is 23.8 Å². The largest absolute Gasteiger partial charge is 0.361 e. The molecule has 1 N–H and O–H groups in total. The summed E-state index contributed by atoms with van der Waals surface area (Å²) in [5.41, 5.74) is 2.37. The fourth-order valence-electron chi connectivity index (χ4n) is 1.90. The maximum Gasteiger partial charge on any atom is 0.183 e. The van der Waals surface area contributed by atoms with Crippen LogP contribution in [0.25, 0.3) is 10.2 Å². The van der Waals surface area contributed by atoms with Crippen molar-refractivity contribution < 1.29 is 0 Å². The van der Waals surface area contributed by atoms with Gasteiger partial charge in [-0.2, -0.15) is 0 Å². The highest BCUT2D eigenvalue weighted by atomic mass is 32.1. The van der Waals surface area contributed by atoms with Gasteiger partial charge in [0, 0.05) is 12.6 Å². The van der Waals surface area contributed by atoms with Crippen LogP contribution in [-0.4, -0.2) is 36.1 Å². The molecule has 4 heteroatoms. The van der Waals surface area contributed by atoms with Gasteiger partial charge in [-0.3, -0.25) is 0 Å². The molecule has 0 fully saturated rings. The first-order valence-corrected chi connectivity index (χ1v) is 7.69. The Morgan fingerprint density at radius 1 is 1.37 bits per heavy atom. The summed E-state index contributed by atoms with van der Waals surface area (Å²) >= 11 is 1.74. The second-order valence-electron chi connectivity index (χ2n) is 5.34. The summed E-state index contributed by atoms with van der Waals surface area (Å²) in [6, 6.07) is 7.05. The van der Waals surface area contributed by atoms with Gasteiger partial charge in [0.1, 0.15) is 0 Å². The first-order chi connectivity index (χ1) is 9.06. The highest BCUT2D eigenvalue weighted by Gasteiger charge is 2.04. The number of fused-ring (bicyclic) bond motifs is 1. The van der Waals surface area contributed by atoms with Crippen LogP contribution in [-0.2, 0) is 0 Å². The molecule has 19 heavy (non-hydrogen) atoms. The normalized spacial score (nSPS) is 11.7. The quantitative estimate of drug-likeness (QED) is 0.815. The topological polar surface area (TPSA) is 28.2 Å². The summed E-state index contributed by atoms with van der Waals surface area (Å²) in [5, 5.41) is 4.46. The summed E-state index contributed by atoms with van der Waals surface area (Å²) in [4.78, 5) is 6.98. The van der Waals surface area contributed by atoms with E-state index >= 15 is 0 Å². The number of hydrogen-bond acceptors (Lipinski definition) is 4. The van der Waals surface area contributed by atoms with Crippen LogP contribution >= 0.6 is 11.3 Å². The van der Waals surface area contributed by atoms with Gasteiger partial charge in [-0.1, -0.05) is 17.4 Å². The molecule has 2 aromatic rings. The van der Waals surface area contributed by atoms with Crippen LogP contribution in [0.5, 0.6) is 0 Å². The van der Waals surface area contributed by atoms with Crippen molar-refractivity contribution in [2.45, 2.75) is 33.2 Å². The molecule has 0 saturated carbocycles. The zero-order chi connectivity index (χ0) is 13.8. The van der Waals surface area contributed by atoms with Gasteiger partial charge in [-0.05, 0) is 58.5 Å². The number of benzene rings is 1. The molecule has 0 saturated heterocycles. The maximum absolute atomic E-state index is 4.62. The standard InChI is InChI=1S/C15H23N3S/c1-11(2)18(4)9-5-8-16-15-17-13-10-12(3)6-7-14(13)19-15/h6-7,10-11H,5,8-9H2,1-4H3,(H,16,17). The number of hydrogen-bond donors (Lipinski definition) is 1. The highest BCUT2D eigenvalue weighted by molar-refractivity contribution is 7.22. The Bertz CT molecular complexity index is 533. The SMILES string of the molecule is Cc1ccc2sc(NCCCN(C)C(C)C)nc2c1. The van der Waals surface area contributed by atoms with Crippen molar-refractivity contribution in [2.75, 3.05) is 25.5 Å². The van der Waals surface area contributed by atoms with Gasteiger partial charge in [0.25, 0.3) is 0 Å². The lowest BCUT2D eigenvalue weighted by molar-refractivity contribution is 0.273. The molecule has 0 aliphatic rings. The maximum atomic E-state index is 4.62. The number of aryl methyl sites for hydroxylation is 1. The van der Waals surface area contributed by atoms with E-state index in [0.717, 1.165) is 30.2 Å². The Kier molecular flexibility index (Phi) is 4.77. The molecule has 2 rings (SSSR count). The molecule has 0 bridgehead atoms. The highest BCUT2D eigenvalue weighted by Crippen LogP contribution is 2.26. The predicted molar refractivity (Wildman–Crippen MR) is 85.2 cm³/mol. The summed E-state index contributed by atoms with van der Waals surface area (Å²) in [6.07, 6.45) is 1.14. The van der Waals surface area contributed by atoms with E-state index in [2.05, 4.69) is 61.2 Å². The van der Waals surface area contributed by atoms with E-state index in [1.165, 1.54) is 10.3 Å². The van der Waals surface area contributed by atoms with Gasteiger partial charge >= 0.3 is 0 Å². The lowest BCUT2D eigenvalue weighted by Gasteiger charge is -2.20. The summed E-state index contributed by atoms with van der Waals surface area (Å²) in [6.45, 7) is 8.66. The van der Waals surface area contributed by atoms with E-state index in [1.807, 2.05) is 0 Å². The van der Waals surface area contributed by atoms with E-state index in [9.17, 15) is 0 Å². The number of thiazole rings is 1. The average Bonchev–Trinajstić information content (AvgIpc) is 2.75. The van der Waals surface area contributed by atoms with E-state index in [1.54, 1.807) is 11.3 Å². The van der Waals surface area contributed by atoms with Crippen LogP contribution in [0.3, 0.4) is 0 Å². The summed E-state index contributed by atoms with van der Waals surface area (Å²) in [5.74, 6) is 0. The molecule has 0 unspecified atom stereocenters. The molecule has 0 aliphatic heterocycles. The Hall–Kier alpha value is -1.13. The number of aromatic nitrogens is 1. The van der Waals surface area contributed by atoms with Gasteiger partial charge < -0.3 is 10.2 Å². The van der Waals surface area contributed by atoms with Crippen molar-refractivity contribution in [1.29, 1.82) is 0 Å².